The molecule has 112 valence electrons. The van der Waals surface area contributed by atoms with Crippen LogP contribution in [-0.2, 0) is 23.9 Å². The van der Waals surface area contributed by atoms with E-state index < -0.39 is 12.1 Å². The number of esters is 1. The van der Waals surface area contributed by atoms with Crippen LogP contribution in [0.5, 0.6) is 0 Å². The average molecular weight is 284 g/mol. The van der Waals surface area contributed by atoms with Gasteiger partial charge in [-0.25, -0.2) is 4.79 Å². The number of rotatable bonds is 4. The number of primary amides is 1. The molecule has 0 radical (unpaired) electrons. The molecule has 0 spiro atoms. The number of likely N-dealkylation sites (tertiary alicyclic amines) is 1. The van der Waals surface area contributed by atoms with E-state index in [-0.39, 0.29) is 24.3 Å². The molecule has 7 nitrogen and oxygen atoms in total. The molecule has 2 saturated heterocycles. The SMILES string of the molecule is NC(=O)C1CCN(C(=O)COC(=O)[C@H]2CCCO2)CC1. The van der Waals surface area contributed by atoms with Crippen LogP contribution in [0, 0.1) is 5.92 Å². The fourth-order valence-corrected chi connectivity index (χ4v) is 2.49. The zero-order chi connectivity index (χ0) is 14.5. The molecule has 0 aromatic rings. The van der Waals surface area contributed by atoms with E-state index in [2.05, 4.69) is 0 Å². The molecular formula is C13H20N2O5. The fraction of sp³-hybridized carbons (Fsp3) is 0.769. The standard InChI is InChI=1S/C13H20N2O5/c14-12(17)9-3-5-15(6-4-9)11(16)8-20-13(18)10-2-1-7-19-10/h9-10H,1-8H2,(H2,14,17)/t10-/m1/s1. The Morgan fingerprint density at radius 3 is 2.45 bits per heavy atom. The molecule has 0 bridgehead atoms. The molecule has 2 fully saturated rings. The Bertz CT molecular complexity index is 384. The third-order valence-electron chi connectivity index (χ3n) is 3.78. The van der Waals surface area contributed by atoms with Gasteiger partial charge in [-0.1, -0.05) is 0 Å². The minimum Gasteiger partial charge on any atom is -0.454 e. The van der Waals surface area contributed by atoms with Crippen LogP contribution in [0.1, 0.15) is 25.7 Å². The number of carbonyl (C=O) groups is 3. The van der Waals surface area contributed by atoms with Gasteiger partial charge in [0.2, 0.25) is 5.91 Å². The second-order valence-electron chi connectivity index (χ2n) is 5.17. The molecule has 1 atom stereocenters. The van der Waals surface area contributed by atoms with Gasteiger partial charge < -0.3 is 20.1 Å². The lowest BCUT2D eigenvalue weighted by atomic mass is 9.96. The Hall–Kier alpha value is -1.63. The summed E-state index contributed by atoms with van der Waals surface area (Å²) in [6, 6.07) is 0. The number of hydrogen-bond donors (Lipinski definition) is 1. The van der Waals surface area contributed by atoms with Crippen LogP contribution in [-0.4, -0.2) is 55.1 Å². The van der Waals surface area contributed by atoms with E-state index in [4.69, 9.17) is 15.2 Å². The van der Waals surface area contributed by atoms with Gasteiger partial charge in [0.25, 0.3) is 5.91 Å². The average Bonchev–Trinajstić information content (AvgIpc) is 2.98. The van der Waals surface area contributed by atoms with Crippen LogP contribution in [0.25, 0.3) is 0 Å². The van der Waals surface area contributed by atoms with E-state index in [0.717, 1.165) is 6.42 Å². The molecule has 0 aromatic carbocycles. The minimum absolute atomic E-state index is 0.159. The summed E-state index contributed by atoms with van der Waals surface area (Å²) in [7, 11) is 0. The third-order valence-corrected chi connectivity index (χ3v) is 3.78. The largest absolute Gasteiger partial charge is 0.454 e. The van der Waals surface area contributed by atoms with Gasteiger partial charge in [-0.05, 0) is 25.7 Å². The Morgan fingerprint density at radius 1 is 1.20 bits per heavy atom. The molecule has 0 aliphatic carbocycles. The second kappa shape index (κ2) is 6.69. The summed E-state index contributed by atoms with van der Waals surface area (Å²) in [5.41, 5.74) is 5.23. The van der Waals surface area contributed by atoms with Crippen LogP contribution < -0.4 is 5.73 Å². The summed E-state index contributed by atoms with van der Waals surface area (Å²) < 4.78 is 10.2. The normalized spacial score (nSPS) is 23.6. The van der Waals surface area contributed by atoms with Crippen molar-refractivity contribution >= 4 is 17.8 Å². The van der Waals surface area contributed by atoms with Gasteiger partial charge in [-0.15, -0.1) is 0 Å². The summed E-state index contributed by atoms with van der Waals surface area (Å²) in [6.07, 6.45) is 2.11. The molecule has 0 aromatic heterocycles. The molecule has 0 unspecified atom stereocenters. The quantitative estimate of drug-likeness (QED) is 0.697. The van der Waals surface area contributed by atoms with Crippen molar-refractivity contribution in [2.75, 3.05) is 26.3 Å². The first-order valence-electron chi connectivity index (χ1n) is 6.93. The van der Waals surface area contributed by atoms with Crippen LogP contribution in [0.4, 0.5) is 0 Å². The van der Waals surface area contributed by atoms with Crippen molar-refractivity contribution in [3.8, 4) is 0 Å². The molecular weight excluding hydrogens is 264 g/mol. The lowest BCUT2D eigenvalue weighted by Crippen LogP contribution is -2.43. The summed E-state index contributed by atoms with van der Waals surface area (Å²) in [6.45, 7) is 1.25. The van der Waals surface area contributed by atoms with Gasteiger partial charge in [0.15, 0.2) is 12.7 Å². The first kappa shape index (κ1) is 14.8. The Kier molecular flexibility index (Phi) is 4.94. The summed E-state index contributed by atoms with van der Waals surface area (Å²) in [4.78, 5) is 36.1. The van der Waals surface area contributed by atoms with E-state index in [9.17, 15) is 14.4 Å². The smallest absolute Gasteiger partial charge is 0.335 e. The van der Waals surface area contributed by atoms with E-state index in [1.54, 1.807) is 4.90 Å². The van der Waals surface area contributed by atoms with Crippen LogP contribution in [0.2, 0.25) is 0 Å². The molecule has 2 aliphatic heterocycles. The van der Waals surface area contributed by atoms with Crippen LogP contribution in [0.15, 0.2) is 0 Å². The van der Waals surface area contributed by atoms with Gasteiger partial charge >= 0.3 is 5.97 Å². The van der Waals surface area contributed by atoms with Crippen LogP contribution >= 0.6 is 0 Å². The number of hydrogen-bond acceptors (Lipinski definition) is 5. The number of amides is 2. The predicted octanol–water partition coefficient (Wildman–Crippen LogP) is -0.567. The number of nitrogens with two attached hydrogens (primary N) is 1. The third kappa shape index (κ3) is 3.69. The van der Waals surface area contributed by atoms with Crippen molar-refractivity contribution in [3.63, 3.8) is 0 Å². The Labute approximate surface area is 117 Å². The molecule has 0 saturated carbocycles. The lowest BCUT2D eigenvalue weighted by Gasteiger charge is -2.30. The molecule has 2 rings (SSSR count). The molecule has 7 heteroatoms. The van der Waals surface area contributed by atoms with E-state index in [1.165, 1.54) is 0 Å². The van der Waals surface area contributed by atoms with E-state index >= 15 is 0 Å². The summed E-state index contributed by atoms with van der Waals surface area (Å²) in [5, 5.41) is 0. The second-order valence-corrected chi connectivity index (χ2v) is 5.17. The van der Waals surface area contributed by atoms with Crippen molar-refractivity contribution in [1.82, 2.24) is 4.90 Å². The number of nitrogens with zero attached hydrogens (tertiary/aromatic N) is 1. The highest BCUT2D eigenvalue weighted by molar-refractivity contribution is 5.82. The highest BCUT2D eigenvalue weighted by Crippen LogP contribution is 2.17. The van der Waals surface area contributed by atoms with Crippen molar-refractivity contribution in [3.05, 3.63) is 0 Å². The van der Waals surface area contributed by atoms with Crippen molar-refractivity contribution in [2.45, 2.75) is 31.8 Å². The fourth-order valence-electron chi connectivity index (χ4n) is 2.49. The van der Waals surface area contributed by atoms with Crippen molar-refractivity contribution < 1.29 is 23.9 Å². The van der Waals surface area contributed by atoms with Crippen molar-refractivity contribution in [2.24, 2.45) is 11.7 Å². The van der Waals surface area contributed by atoms with Crippen LogP contribution in [0.3, 0.4) is 0 Å². The monoisotopic (exact) mass is 284 g/mol. The Balaban J connectivity index is 1.70. The zero-order valence-electron chi connectivity index (χ0n) is 11.4. The van der Waals surface area contributed by atoms with Gasteiger partial charge in [0, 0.05) is 25.6 Å². The molecule has 2 aliphatic rings. The maximum Gasteiger partial charge on any atom is 0.335 e. The molecule has 2 heterocycles. The minimum atomic E-state index is -0.525. The number of piperidine rings is 1. The highest BCUT2D eigenvalue weighted by Gasteiger charge is 2.28. The first-order chi connectivity index (χ1) is 9.58. The first-order valence-corrected chi connectivity index (χ1v) is 6.93. The molecule has 2 N–H and O–H groups in total. The molecule has 2 amide bonds. The van der Waals surface area contributed by atoms with E-state index in [0.29, 0.717) is 39.0 Å². The van der Waals surface area contributed by atoms with Gasteiger partial charge in [0.1, 0.15) is 0 Å². The molecule has 20 heavy (non-hydrogen) atoms. The van der Waals surface area contributed by atoms with Crippen molar-refractivity contribution in [1.29, 1.82) is 0 Å². The summed E-state index contributed by atoms with van der Waals surface area (Å²) >= 11 is 0. The van der Waals surface area contributed by atoms with E-state index in [1.807, 2.05) is 0 Å². The predicted molar refractivity (Wildman–Crippen MR) is 68.4 cm³/mol. The highest BCUT2D eigenvalue weighted by atomic mass is 16.6. The zero-order valence-corrected chi connectivity index (χ0v) is 11.4. The Morgan fingerprint density at radius 2 is 1.90 bits per heavy atom. The summed E-state index contributed by atoms with van der Waals surface area (Å²) in [5.74, 6) is -1.18. The number of carbonyl (C=O) groups excluding carboxylic acids is 3. The lowest BCUT2D eigenvalue weighted by molar-refractivity contribution is -0.160. The van der Waals surface area contributed by atoms with Gasteiger partial charge in [-0.3, -0.25) is 9.59 Å². The maximum absolute atomic E-state index is 11.9. The topological polar surface area (TPSA) is 98.9 Å². The van der Waals surface area contributed by atoms with Gasteiger partial charge in [0.05, 0.1) is 0 Å². The number of ether oxygens (including phenoxy) is 2. The van der Waals surface area contributed by atoms with Gasteiger partial charge in [-0.2, -0.15) is 0 Å². The maximum atomic E-state index is 11.9.